The third-order valence-electron chi connectivity index (χ3n) is 5.62. The van der Waals surface area contributed by atoms with Crippen LogP contribution in [0.3, 0.4) is 0 Å². The molecule has 6 nitrogen and oxygen atoms in total. The van der Waals surface area contributed by atoms with E-state index in [0.717, 1.165) is 48.6 Å². The maximum Gasteiger partial charge on any atom is 0.230 e. The molecule has 136 valence electrons. The summed E-state index contributed by atoms with van der Waals surface area (Å²) in [6, 6.07) is 4.09. The zero-order chi connectivity index (χ0) is 18.3. The third kappa shape index (κ3) is 2.79. The molecule has 1 atom stereocenters. The van der Waals surface area contributed by atoms with E-state index in [-0.39, 0.29) is 11.8 Å². The van der Waals surface area contributed by atoms with Crippen molar-refractivity contribution < 1.29 is 9.32 Å². The largest absolute Gasteiger partial charge is 0.361 e. The standard InChI is InChI=1S/C20H24N4O2/c1-12(18-13(2)23-26-14(18)3)20(25)24-9-6-15(7-10-24)17-11-22-19-16(17)5-4-8-21-19/h4-5,8,11-12,15H,6-7,9-10H2,1-3H3,(H,21,22). The van der Waals surface area contributed by atoms with Gasteiger partial charge in [0.25, 0.3) is 0 Å². The van der Waals surface area contributed by atoms with Gasteiger partial charge in [0.15, 0.2) is 0 Å². The minimum atomic E-state index is -0.213. The number of aromatic amines is 1. The minimum absolute atomic E-state index is 0.165. The van der Waals surface area contributed by atoms with E-state index in [9.17, 15) is 4.79 Å². The van der Waals surface area contributed by atoms with E-state index in [2.05, 4.69) is 27.4 Å². The first kappa shape index (κ1) is 16.8. The van der Waals surface area contributed by atoms with Crippen molar-refractivity contribution in [1.29, 1.82) is 0 Å². The molecule has 0 saturated carbocycles. The SMILES string of the molecule is Cc1noc(C)c1C(C)C(=O)N1CCC(c2c[nH]c3ncccc23)CC1. The first-order valence-electron chi connectivity index (χ1n) is 9.19. The summed E-state index contributed by atoms with van der Waals surface area (Å²) in [5, 5.41) is 5.18. The lowest BCUT2D eigenvalue weighted by molar-refractivity contribution is -0.133. The van der Waals surface area contributed by atoms with Crippen LogP contribution >= 0.6 is 0 Å². The van der Waals surface area contributed by atoms with E-state index in [1.165, 1.54) is 10.9 Å². The molecule has 3 aromatic heterocycles. The van der Waals surface area contributed by atoms with Crippen molar-refractivity contribution in [1.82, 2.24) is 20.0 Å². The van der Waals surface area contributed by atoms with Crippen molar-refractivity contribution in [3.8, 4) is 0 Å². The van der Waals surface area contributed by atoms with Gasteiger partial charge in [-0.05, 0) is 57.2 Å². The van der Waals surface area contributed by atoms with Crippen molar-refractivity contribution in [2.45, 2.75) is 45.4 Å². The number of pyridine rings is 1. The van der Waals surface area contributed by atoms with Gasteiger partial charge in [-0.15, -0.1) is 0 Å². The molecule has 6 heteroatoms. The van der Waals surface area contributed by atoms with Gasteiger partial charge in [0.2, 0.25) is 5.91 Å². The summed E-state index contributed by atoms with van der Waals surface area (Å²) in [6.45, 7) is 7.28. The van der Waals surface area contributed by atoms with Crippen LogP contribution in [0.25, 0.3) is 11.0 Å². The summed E-state index contributed by atoms with van der Waals surface area (Å²) >= 11 is 0. The topological polar surface area (TPSA) is 75.0 Å². The average Bonchev–Trinajstić information content (AvgIpc) is 3.24. The van der Waals surface area contributed by atoms with Crippen LogP contribution in [0.15, 0.2) is 29.0 Å². The number of carbonyl (C=O) groups is 1. The Balaban J connectivity index is 1.46. The normalized spacial score (nSPS) is 17.0. The lowest BCUT2D eigenvalue weighted by Gasteiger charge is -2.33. The smallest absolute Gasteiger partial charge is 0.230 e. The van der Waals surface area contributed by atoms with Gasteiger partial charge >= 0.3 is 0 Å². The highest BCUT2D eigenvalue weighted by atomic mass is 16.5. The second kappa shape index (κ2) is 6.59. The fourth-order valence-corrected chi connectivity index (χ4v) is 4.23. The van der Waals surface area contributed by atoms with Crippen LogP contribution in [0.1, 0.15) is 54.2 Å². The maximum absolute atomic E-state index is 12.9. The predicted octanol–water partition coefficient (Wildman–Crippen LogP) is 3.68. The molecule has 0 radical (unpaired) electrons. The van der Waals surface area contributed by atoms with Gasteiger partial charge in [0.1, 0.15) is 11.4 Å². The summed E-state index contributed by atoms with van der Waals surface area (Å²) in [4.78, 5) is 22.6. The van der Waals surface area contributed by atoms with Crippen LogP contribution in [-0.2, 0) is 4.79 Å². The van der Waals surface area contributed by atoms with Crippen LogP contribution in [0, 0.1) is 13.8 Å². The molecule has 26 heavy (non-hydrogen) atoms. The second-order valence-electron chi connectivity index (χ2n) is 7.20. The van der Waals surface area contributed by atoms with Gasteiger partial charge in [0.05, 0.1) is 11.6 Å². The fraction of sp³-hybridized carbons (Fsp3) is 0.450. The Hall–Kier alpha value is -2.63. The summed E-state index contributed by atoms with van der Waals surface area (Å²) in [7, 11) is 0. The lowest BCUT2D eigenvalue weighted by Crippen LogP contribution is -2.40. The summed E-state index contributed by atoms with van der Waals surface area (Å²) in [6.07, 6.45) is 5.83. The molecule has 1 fully saturated rings. The summed E-state index contributed by atoms with van der Waals surface area (Å²) < 4.78 is 5.23. The first-order chi connectivity index (χ1) is 12.6. The number of aromatic nitrogens is 3. The molecule has 3 aromatic rings. The number of carbonyl (C=O) groups excluding carboxylic acids is 1. The molecule has 0 bridgehead atoms. The number of nitrogens with one attached hydrogen (secondary N) is 1. The number of nitrogens with zero attached hydrogens (tertiary/aromatic N) is 3. The van der Waals surface area contributed by atoms with Gasteiger partial charge in [-0.3, -0.25) is 4.79 Å². The number of hydrogen-bond donors (Lipinski definition) is 1. The van der Waals surface area contributed by atoms with Crippen LogP contribution in [0.5, 0.6) is 0 Å². The molecule has 0 spiro atoms. The molecule has 1 aliphatic heterocycles. The van der Waals surface area contributed by atoms with E-state index in [0.29, 0.717) is 5.92 Å². The van der Waals surface area contributed by atoms with Crippen LogP contribution < -0.4 is 0 Å². The third-order valence-corrected chi connectivity index (χ3v) is 5.62. The number of piperidine rings is 1. The van der Waals surface area contributed by atoms with E-state index in [4.69, 9.17) is 4.52 Å². The predicted molar refractivity (Wildman–Crippen MR) is 99.0 cm³/mol. The highest BCUT2D eigenvalue weighted by Crippen LogP contribution is 2.34. The molecule has 1 saturated heterocycles. The Kier molecular flexibility index (Phi) is 4.26. The quantitative estimate of drug-likeness (QED) is 0.780. The van der Waals surface area contributed by atoms with Crippen molar-refractivity contribution in [3.63, 3.8) is 0 Å². The maximum atomic E-state index is 12.9. The minimum Gasteiger partial charge on any atom is -0.361 e. The molecule has 1 amide bonds. The number of rotatable bonds is 3. The van der Waals surface area contributed by atoms with Crippen molar-refractivity contribution in [2.75, 3.05) is 13.1 Å². The van der Waals surface area contributed by atoms with Gasteiger partial charge < -0.3 is 14.4 Å². The zero-order valence-electron chi connectivity index (χ0n) is 15.5. The molecule has 1 unspecified atom stereocenters. The van der Waals surface area contributed by atoms with Crippen LogP contribution in [0.2, 0.25) is 0 Å². The highest BCUT2D eigenvalue weighted by Gasteiger charge is 2.30. The van der Waals surface area contributed by atoms with E-state index >= 15 is 0 Å². The molecule has 0 aliphatic carbocycles. The molecular formula is C20H24N4O2. The van der Waals surface area contributed by atoms with Gasteiger partial charge in [-0.2, -0.15) is 0 Å². The van der Waals surface area contributed by atoms with Crippen LogP contribution in [0.4, 0.5) is 0 Å². The Morgan fingerprint density at radius 1 is 1.35 bits per heavy atom. The molecule has 4 heterocycles. The fourth-order valence-electron chi connectivity index (χ4n) is 4.23. The molecular weight excluding hydrogens is 328 g/mol. The number of fused-ring (bicyclic) bond motifs is 1. The number of amides is 1. The number of H-pyrrole nitrogens is 1. The monoisotopic (exact) mass is 352 g/mol. The van der Waals surface area contributed by atoms with Crippen LogP contribution in [-0.4, -0.2) is 39.0 Å². The van der Waals surface area contributed by atoms with Crippen molar-refractivity contribution >= 4 is 16.9 Å². The van der Waals surface area contributed by atoms with Crippen molar-refractivity contribution in [2.24, 2.45) is 0 Å². The van der Waals surface area contributed by atoms with E-state index < -0.39 is 0 Å². The van der Waals surface area contributed by atoms with Crippen molar-refractivity contribution in [3.05, 3.63) is 47.1 Å². The Morgan fingerprint density at radius 2 is 2.12 bits per heavy atom. The van der Waals surface area contributed by atoms with E-state index in [1.54, 1.807) is 6.20 Å². The number of likely N-dealkylation sites (tertiary alicyclic amines) is 1. The van der Waals surface area contributed by atoms with Gasteiger partial charge in [0, 0.05) is 36.4 Å². The lowest BCUT2D eigenvalue weighted by atomic mass is 9.88. The zero-order valence-corrected chi connectivity index (χ0v) is 15.5. The molecule has 1 aliphatic rings. The second-order valence-corrected chi connectivity index (χ2v) is 7.20. The van der Waals surface area contributed by atoms with Gasteiger partial charge in [-0.1, -0.05) is 5.16 Å². The number of hydrogen-bond acceptors (Lipinski definition) is 4. The molecule has 4 rings (SSSR count). The Bertz CT molecular complexity index is 915. The number of aryl methyl sites for hydroxylation is 2. The molecule has 1 N–H and O–H groups in total. The Labute approximate surface area is 152 Å². The van der Waals surface area contributed by atoms with E-state index in [1.807, 2.05) is 31.7 Å². The molecule has 0 aromatic carbocycles. The summed E-state index contributed by atoms with van der Waals surface area (Å²) in [5.74, 6) is 1.16. The highest BCUT2D eigenvalue weighted by molar-refractivity contribution is 5.84. The average molecular weight is 352 g/mol. The van der Waals surface area contributed by atoms with Gasteiger partial charge in [-0.25, -0.2) is 4.98 Å². The first-order valence-corrected chi connectivity index (χ1v) is 9.19. The Morgan fingerprint density at radius 3 is 2.81 bits per heavy atom. The summed E-state index contributed by atoms with van der Waals surface area (Å²) in [5.41, 5.74) is 4.00.